The molecule has 2 heterocycles. The number of benzene rings is 2. The lowest BCUT2D eigenvalue weighted by Crippen LogP contribution is -2.54. The molecule has 2 aromatic carbocycles. The summed E-state index contributed by atoms with van der Waals surface area (Å²) in [5.74, 6) is -0.0909. The average molecular weight is 533 g/mol. The molecule has 1 fully saturated rings. The van der Waals surface area contributed by atoms with E-state index < -0.39 is 19.5 Å². The van der Waals surface area contributed by atoms with Crippen LogP contribution in [-0.4, -0.2) is 45.2 Å². The van der Waals surface area contributed by atoms with Crippen molar-refractivity contribution in [2.45, 2.75) is 69.9 Å². The summed E-state index contributed by atoms with van der Waals surface area (Å²) in [6, 6.07) is 11.6. The van der Waals surface area contributed by atoms with Crippen molar-refractivity contribution in [3.05, 3.63) is 65.0 Å². The molecule has 4 rings (SSSR count). The largest absolute Gasteiger partial charge is 0.385 e. The first-order valence-electron chi connectivity index (χ1n) is 12.5. The van der Waals surface area contributed by atoms with Gasteiger partial charge in [0.25, 0.3) is 0 Å². The Morgan fingerprint density at radius 1 is 1.22 bits per heavy atom. The quantitative estimate of drug-likeness (QED) is 0.372. The number of anilines is 1. The first-order valence-corrected chi connectivity index (χ1v) is 16.6. The maximum atomic E-state index is 14.1. The molecule has 0 aromatic heterocycles. The van der Waals surface area contributed by atoms with E-state index in [1.165, 1.54) is 12.1 Å². The van der Waals surface area contributed by atoms with Gasteiger partial charge >= 0.3 is 0 Å². The van der Waals surface area contributed by atoms with E-state index in [-0.39, 0.29) is 24.1 Å². The van der Waals surface area contributed by atoms with Crippen LogP contribution in [0.5, 0.6) is 0 Å². The van der Waals surface area contributed by atoms with Crippen molar-refractivity contribution < 1.29 is 18.7 Å². The Balaban J connectivity index is 0.000000392. The van der Waals surface area contributed by atoms with Crippen molar-refractivity contribution in [2.75, 3.05) is 24.4 Å². The summed E-state index contributed by atoms with van der Waals surface area (Å²) in [4.78, 5) is 27.9. The van der Waals surface area contributed by atoms with E-state index in [0.717, 1.165) is 16.8 Å². The Bertz CT molecular complexity index is 1110. The van der Waals surface area contributed by atoms with Crippen LogP contribution < -0.4 is 10.2 Å². The molecular weight excluding hydrogens is 495 g/mol. The van der Waals surface area contributed by atoms with E-state index in [9.17, 15) is 14.0 Å². The van der Waals surface area contributed by atoms with Gasteiger partial charge in [0, 0.05) is 37.4 Å². The lowest BCUT2D eigenvalue weighted by Gasteiger charge is -2.41. The van der Waals surface area contributed by atoms with Crippen molar-refractivity contribution in [2.24, 2.45) is 0 Å². The van der Waals surface area contributed by atoms with Gasteiger partial charge in [-0.15, -0.1) is 11.6 Å². The molecular formula is C28H38ClFN2O3Si. The number of hydrogen-bond donors (Lipinski definition) is 1. The number of carbonyl (C=O) groups is 2. The third-order valence-corrected chi connectivity index (χ3v) is 10.4. The summed E-state index contributed by atoms with van der Waals surface area (Å²) < 4.78 is 19.3. The number of hydrogen-bond acceptors (Lipinski definition) is 3. The number of ether oxygens (including phenoxy) is 1. The van der Waals surface area contributed by atoms with Gasteiger partial charge in [-0.05, 0) is 61.6 Å². The molecule has 3 atom stereocenters. The van der Waals surface area contributed by atoms with Gasteiger partial charge in [-0.1, -0.05) is 43.9 Å². The van der Waals surface area contributed by atoms with Gasteiger partial charge in [-0.2, -0.15) is 0 Å². The molecule has 0 bridgehead atoms. The lowest BCUT2D eigenvalue weighted by atomic mass is 9.67. The Morgan fingerprint density at radius 2 is 1.92 bits per heavy atom. The third-order valence-electron chi connectivity index (χ3n) is 7.49. The number of nitrogens with zero attached hydrogens (tertiary/aromatic N) is 1. The van der Waals surface area contributed by atoms with E-state index in [1.54, 1.807) is 18.1 Å². The van der Waals surface area contributed by atoms with E-state index in [1.807, 2.05) is 31.2 Å². The smallest absolute Gasteiger partial charge is 0.240 e. The molecule has 2 amide bonds. The number of carbonyl (C=O) groups excluding carboxylic acids is 2. The zero-order valence-electron chi connectivity index (χ0n) is 22.2. The highest BCUT2D eigenvalue weighted by molar-refractivity contribution is 6.77. The van der Waals surface area contributed by atoms with Gasteiger partial charge in [-0.25, -0.2) is 4.39 Å². The van der Waals surface area contributed by atoms with Crippen molar-refractivity contribution in [3.8, 4) is 0 Å². The topological polar surface area (TPSA) is 58.6 Å². The molecule has 2 aromatic rings. The summed E-state index contributed by atoms with van der Waals surface area (Å²) in [5, 5.41) is 3.00. The number of aryl methyl sites for hydroxylation is 1. The molecule has 1 N–H and O–H groups in total. The number of rotatable bonds is 6. The second-order valence-corrected chi connectivity index (χ2v) is 16.7. The number of amides is 2. The highest BCUT2D eigenvalue weighted by Gasteiger charge is 2.58. The van der Waals surface area contributed by atoms with E-state index in [2.05, 4.69) is 31.9 Å². The predicted molar refractivity (Wildman–Crippen MR) is 147 cm³/mol. The second-order valence-electron chi connectivity index (χ2n) is 10.7. The fraction of sp³-hybridized carbons (Fsp3) is 0.500. The summed E-state index contributed by atoms with van der Waals surface area (Å²) in [6.07, 6.45) is 1.33. The second kappa shape index (κ2) is 11.4. The summed E-state index contributed by atoms with van der Waals surface area (Å²) in [6.45, 7) is 11.5. The molecule has 8 heteroatoms. The van der Waals surface area contributed by atoms with Gasteiger partial charge in [0.15, 0.2) is 0 Å². The standard InChI is InChI=1S/C22H22ClFN2O2.C6H16OSi/c1-14-7-8-15(24)13-16(14)20-22(10-9-19(27)25-20)17-5-2-3-6-18(17)26(21(22)28)12-4-11-23;1-6(7-2)8(3,4)5/h2-3,5-8,13,20H,4,9-12H2,1H3,(H,25,27);6H,1-5H3. The van der Waals surface area contributed by atoms with E-state index in [0.29, 0.717) is 36.6 Å². The number of methoxy groups -OCH3 is 1. The first kappa shape index (κ1) is 28.3. The predicted octanol–water partition coefficient (Wildman–Crippen LogP) is 5.90. The van der Waals surface area contributed by atoms with Crippen LogP contribution >= 0.6 is 11.6 Å². The molecule has 1 spiro atoms. The SMILES string of the molecule is COC(C)[Si](C)(C)C.Cc1ccc(F)cc1C1NC(=O)CCC12C(=O)N(CCCCl)c1ccccc12. The highest BCUT2D eigenvalue weighted by Crippen LogP contribution is 2.53. The molecule has 36 heavy (non-hydrogen) atoms. The van der Waals surface area contributed by atoms with Crippen LogP contribution in [0.3, 0.4) is 0 Å². The minimum absolute atomic E-state index is 0.0486. The number of alkyl halides is 1. The van der Waals surface area contributed by atoms with Crippen LogP contribution in [0.2, 0.25) is 19.6 Å². The molecule has 0 aliphatic carbocycles. The Hall–Kier alpha value is -2.22. The molecule has 2 aliphatic rings. The van der Waals surface area contributed by atoms with E-state index in [4.69, 9.17) is 16.3 Å². The zero-order chi connectivity index (χ0) is 26.7. The molecule has 5 nitrogen and oxygen atoms in total. The van der Waals surface area contributed by atoms with Gasteiger partial charge in [0.1, 0.15) is 11.2 Å². The van der Waals surface area contributed by atoms with Gasteiger partial charge in [0.05, 0.1) is 14.1 Å². The average Bonchev–Trinajstić information content (AvgIpc) is 3.08. The third kappa shape index (κ3) is 5.53. The Morgan fingerprint density at radius 3 is 2.53 bits per heavy atom. The van der Waals surface area contributed by atoms with Crippen molar-refractivity contribution >= 4 is 37.2 Å². The van der Waals surface area contributed by atoms with Crippen LogP contribution in [0.25, 0.3) is 0 Å². The van der Waals surface area contributed by atoms with Crippen molar-refractivity contribution in [3.63, 3.8) is 0 Å². The van der Waals surface area contributed by atoms with Crippen molar-refractivity contribution in [1.82, 2.24) is 5.32 Å². The lowest BCUT2D eigenvalue weighted by molar-refractivity contribution is -0.131. The number of halogens is 2. The maximum absolute atomic E-state index is 14.1. The minimum Gasteiger partial charge on any atom is -0.385 e. The summed E-state index contributed by atoms with van der Waals surface area (Å²) in [7, 11) is 0.798. The molecule has 2 aliphatic heterocycles. The normalized spacial score (nSPS) is 22.1. The zero-order valence-corrected chi connectivity index (χ0v) is 23.9. The minimum atomic E-state index is -0.983. The van der Waals surface area contributed by atoms with Gasteiger partial charge < -0.3 is 15.0 Å². The van der Waals surface area contributed by atoms with Crippen LogP contribution in [0, 0.1) is 12.7 Å². The molecule has 0 saturated carbocycles. The van der Waals surface area contributed by atoms with Crippen LogP contribution in [0.1, 0.15) is 48.9 Å². The molecule has 196 valence electrons. The van der Waals surface area contributed by atoms with Crippen molar-refractivity contribution in [1.29, 1.82) is 0 Å². The number of piperidine rings is 1. The maximum Gasteiger partial charge on any atom is 0.240 e. The van der Waals surface area contributed by atoms with Crippen LogP contribution in [0.15, 0.2) is 42.5 Å². The molecule has 3 unspecified atom stereocenters. The number of nitrogens with one attached hydrogen (secondary N) is 1. The summed E-state index contributed by atoms with van der Waals surface area (Å²) in [5.41, 5.74) is 2.79. The highest BCUT2D eigenvalue weighted by atomic mass is 35.5. The fourth-order valence-corrected chi connectivity index (χ4v) is 5.77. The Labute approximate surface area is 220 Å². The fourth-order valence-electron chi connectivity index (χ4n) is 4.94. The summed E-state index contributed by atoms with van der Waals surface area (Å²) >= 11 is 5.88. The van der Waals surface area contributed by atoms with Crippen LogP contribution in [-0.2, 0) is 19.7 Å². The number of para-hydroxylation sites is 1. The number of fused-ring (bicyclic) bond motifs is 2. The monoisotopic (exact) mass is 532 g/mol. The first-order chi connectivity index (χ1) is 17.0. The molecule has 1 saturated heterocycles. The molecule has 0 radical (unpaired) electrons. The van der Waals surface area contributed by atoms with Crippen LogP contribution in [0.4, 0.5) is 10.1 Å². The Kier molecular flexibility index (Phi) is 9.01. The van der Waals surface area contributed by atoms with E-state index >= 15 is 0 Å². The van der Waals surface area contributed by atoms with Gasteiger partial charge in [-0.3, -0.25) is 9.59 Å². The van der Waals surface area contributed by atoms with Gasteiger partial charge in [0.2, 0.25) is 11.8 Å².